The fourth-order valence-corrected chi connectivity index (χ4v) is 7.75. The second-order valence-corrected chi connectivity index (χ2v) is 12.1. The molecule has 3 heterocycles. The molecular weight excluding hydrogens is 586 g/mol. The van der Waals surface area contributed by atoms with Gasteiger partial charge in [-0.2, -0.15) is 0 Å². The Labute approximate surface area is 249 Å². The van der Waals surface area contributed by atoms with Gasteiger partial charge in [0.25, 0.3) is 0 Å². The lowest BCUT2D eigenvalue weighted by Crippen LogP contribution is -2.57. The molecule has 2 aromatic rings. The van der Waals surface area contributed by atoms with Crippen molar-refractivity contribution in [3.8, 4) is 0 Å². The van der Waals surface area contributed by atoms with Crippen molar-refractivity contribution in [1.82, 2.24) is 14.7 Å². The number of β-amino-alcohol motifs (C(OH)–C–C–N with tert-alkyl or cyclic N) is 1. The number of aliphatic hydroxyl groups excluding tert-OH is 1. The third-order valence-corrected chi connectivity index (χ3v) is 9.25. The summed E-state index contributed by atoms with van der Waals surface area (Å²) in [5, 5.41) is 9.93. The van der Waals surface area contributed by atoms with E-state index >= 15 is 0 Å². The number of hydrogen-bond acceptors (Lipinski definition) is 5. The van der Waals surface area contributed by atoms with Gasteiger partial charge in [-0.3, -0.25) is 14.4 Å². The van der Waals surface area contributed by atoms with Gasteiger partial charge in [-0.1, -0.05) is 88.7 Å². The number of likely N-dealkylation sites (tertiary alicyclic amines) is 1. The fourth-order valence-electron chi connectivity index (χ4n) is 6.81. The van der Waals surface area contributed by atoms with Crippen molar-refractivity contribution in [2.45, 2.75) is 42.1 Å². The number of hydrogen-bond donors (Lipinski definition) is 1. The molecule has 1 spiro atoms. The first-order valence-electron chi connectivity index (χ1n) is 14.0. The third kappa shape index (κ3) is 5.27. The monoisotopic (exact) mass is 621 g/mol. The molecule has 9 heteroatoms. The first-order chi connectivity index (χ1) is 19.9. The summed E-state index contributed by atoms with van der Waals surface area (Å²) in [5.74, 6) is -2.41. The Bertz CT molecular complexity index is 1290. The summed E-state index contributed by atoms with van der Waals surface area (Å²) in [6, 6.07) is 18.3. The normalized spacial score (nSPS) is 27.9. The highest BCUT2D eigenvalue weighted by atomic mass is 79.9. The molecule has 3 unspecified atom stereocenters. The minimum absolute atomic E-state index is 0.0248. The Hall–Kier alpha value is -3.27. The van der Waals surface area contributed by atoms with E-state index in [1.54, 1.807) is 22.0 Å². The zero-order chi connectivity index (χ0) is 29.1. The van der Waals surface area contributed by atoms with E-state index in [9.17, 15) is 19.5 Å². The molecule has 0 saturated carbocycles. The number of nitrogens with zero attached hydrogens (tertiary/aromatic N) is 3. The number of ether oxygens (including phenoxy) is 1. The molecule has 0 aromatic heterocycles. The van der Waals surface area contributed by atoms with Gasteiger partial charge >= 0.3 is 0 Å². The second kappa shape index (κ2) is 12.3. The molecule has 3 amide bonds. The van der Waals surface area contributed by atoms with Crippen LogP contribution in [0.3, 0.4) is 0 Å². The van der Waals surface area contributed by atoms with E-state index in [4.69, 9.17) is 4.74 Å². The van der Waals surface area contributed by atoms with Crippen LogP contribution in [0.4, 0.5) is 0 Å². The largest absolute Gasteiger partial charge is 0.395 e. The maximum Gasteiger partial charge on any atom is 0.248 e. The Balaban J connectivity index is 1.50. The van der Waals surface area contributed by atoms with Gasteiger partial charge in [-0.25, -0.2) is 0 Å². The molecule has 1 N–H and O–H groups in total. The standard InChI is InChI=1S/C32H36BrN3O5/c1-3-15-34(20-22-11-7-5-8-12-22)29(38)25-26-30(39)36(17-18-37)28(32(26)19-24(33)27(25)41-32)31(40)35(16-4-2)21-23-13-9-6-10-14-23/h3-14,24-28,37H,1-2,15-21H2/t24?,25-,26+,27-,28?,32?/m1/s1. The summed E-state index contributed by atoms with van der Waals surface area (Å²) in [5.41, 5.74) is 0.718. The minimum Gasteiger partial charge on any atom is -0.395 e. The van der Waals surface area contributed by atoms with Crippen molar-refractivity contribution in [2.75, 3.05) is 26.2 Å². The highest BCUT2D eigenvalue weighted by molar-refractivity contribution is 9.09. The summed E-state index contributed by atoms with van der Waals surface area (Å²) in [6.45, 7) is 8.63. The molecule has 216 valence electrons. The van der Waals surface area contributed by atoms with Crippen molar-refractivity contribution in [2.24, 2.45) is 11.8 Å². The third-order valence-electron chi connectivity index (χ3n) is 8.40. The minimum atomic E-state index is -1.19. The number of alkyl halides is 1. The number of carbonyl (C=O) groups is 3. The highest BCUT2D eigenvalue weighted by Crippen LogP contribution is 2.60. The number of benzene rings is 2. The molecular formula is C32H36BrN3O5. The van der Waals surface area contributed by atoms with Gasteiger partial charge in [-0.05, 0) is 17.5 Å². The molecule has 2 aromatic carbocycles. The lowest BCUT2D eigenvalue weighted by molar-refractivity contribution is -0.149. The Morgan fingerprint density at radius 3 is 2.02 bits per heavy atom. The molecule has 0 aliphatic carbocycles. The van der Waals surface area contributed by atoms with Crippen LogP contribution < -0.4 is 0 Å². The van der Waals surface area contributed by atoms with Crippen molar-refractivity contribution in [1.29, 1.82) is 0 Å². The van der Waals surface area contributed by atoms with Gasteiger partial charge in [0.05, 0.1) is 24.5 Å². The lowest BCUT2D eigenvalue weighted by atomic mass is 9.70. The smallest absolute Gasteiger partial charge is 0.248 e. The topological polar surface area (TPSA) is 90.4 Å². The van der Waals surface area contributed by atoms with Crippen LogP contribution in [0, 0.1) is 11.8 Å². The first kappa shape index (κ1) is 29.2. The van der Waals surface area contributed by atoms with Crippen LogP contribution in [0.1, 0.15) is 17.5 Å². The molecule has 3 saturated heterocycles. The number of rotatable bonds is 12. The van der Waals surface area contributed by atoms with Gasteiger partial charge in [-0.15, -0.1) is 13.2 Å². The van der Waals surface area contributed by atoms with E-state index in [-0.39, 0.29) is 42.2 Å². The summed E-state index contributed by atoms with van der Waals surface area (Å²) in [7, 11) is 0. The molecule has 2 bridgehead atoms. The Morgan fingerprint density at radius 2 is 1.51 bits per heavy atom. The van der Waals surface area contributed by atoms with Crippen molar-refractivity contribution in [3.05, 3.63) is 97.1 Å². The fraction of sp³-hybridized carbons (Fsp3) is 0.406. The summed E-state index contributed by atoms with van der Waals surface area (Å²) in [6.07, 6.45) is 3.18. The second-order valence-electron chi connectivity index (χ2n) is 10.9. The van der Waals surface area contributed by atoms with E-state index in [2.05, 4.69) is 29.1 Å². The van der Waals surface area contributed by atoms with Gasteiger partial charge < -0.3 is 24.5 Å². The van der Waals surface area contributed by atoms with E-state index in [1.807, 2.05) is 60.7 Å². The lowest BCUT2D eigenvalue weighted by Gasteiger charge is -2.37. The Kier molecular flexibility index (Phi) is 8.77. The average molecular weight is 623 g/mol. The molecule has 5 rings (SSSR count). The van der Waals surface area contributed by atoms with Crippen molar-refractivity contribution in [3.63, 3.8) is 0 Å². The molecule has 0 radical (unpaired) electrons. The van der Waals surface area contributed by atoms with E-state index in [1.165, 1.54) is 4.90 Å². The van der Waals surface area contributed by atoms with Crippen LogP contribution >= 0.6 is 15.9 Å². The molecule has 8 nitrogen and oxygen atoms in total. The van der Waals surface area contributed by atoms with E-state index in [0.717, 1.165) is 11.1 Å². The predicted octanol–water partition coefficient (Wildman–Crippen LogP) is 3.16. The van der Waals surface area contributed by atoms with Gasteiger partial charge in [0.2, 0.25) is 17.7 Å². The Morgan fingerprint density at radius 1 is 0.976 bits per heavy atom. The van der Waals surface area contributed by atoms with Crippen LogP contribution in [-0.4, -0.2) is 86.3 Å². The number of amides is 3. The molecule has 3 aliphatic rings. The van der Waals surface area contributed by atoms with Crippen LogP contribution in [-0.2, 0) is 32.2 Å². The van der Waals surface area contributed by atoms with Crippen LogP contribution in [0.15, 0.2) is 86.0 Å². The van der Waals surface area contributed by atoms with E-state index in [0.29, 0.717) is 26.1 Å². The number of halogens is 1. The zero-order valence-corrected chi connectivity index (χ0v) is 24.6. The number of fused-ring (bicyclic) bond motifs is 1. The molecule has 3 fully saturated rings. The molecule has 3 aliphatic heterocycles. The van der Waals surface area contributed by atoms with Crippen LogP contribution in [0.2, 0.25) is 0 Å². The highest BCUT2D eigenvalue weighted by Gasteiger charge is 2.76. The zero-order valence-electron chi connectivity index (χ0n) is 23.0. The van der Waals surface area contributed by atoms with Crippen LogP contribution in [0.25, 0.3) is 0 Å². The van der Waals surface area contributed by atoms with Crippen molar-refractivity contribution < 1.29 is 24.2 Å². The summed E-state index contributed by atoms with van der Waals surface area (Å²) < 4.78 is 6.63. The van der Waals surface area contributed by atoms with Gasteiger partial charge in [0.1, 0.15) is 11.6 Å². The quantitative estimate of drug-likeness (QED) is 0.290. The van der Waals surface area contributed by atoms with Gasteiger partial charge in [0.15, 0.2) is 0 Å². The molecule has 41 heavy (non-hydrogen) atoms. The SMILES string of the molecule is C=CCN(Cc1ccccc1)C(=O)C1N(CCO)C(=O)[C@@H]2[C@@H](C(=O)N(CC=C)Cc3ccccc3)[C@@H]3OC12CC3Br. The first-order valence-corrected chi connectivity index (χ1v) is 14.9. The van der Waals surface area contributed by atoms with Crippen LogP contribution in [0.5, 0.6) is 0 Å². The summed E-state index contributed by atoms with van der Waals surface area (Å²) in [4.78, 5) is 47.3. The summed E-state index contributed by atoms with van der Waals surface area (Å²) >= 11 is 3.73. The van der Waals surface area contributed by atoms with Crippen molar-refractivity contribution >= 4 is 33.7 Å². The predicted molar refractivity (Wildman–Crippen MR) is 159 cm³/mol. The maximum atomic E-state index is 14.4. The number of aliphatic hydroxyl groups is 1. The van der Waals surface area contributed by atoms with E-state index < -0.39 is 29.6 Å². The maximum absolute atomic E-state index is 14.4. The number of carbonyl (C=O) groups excluding carboxylic acids is 3. The molecule has 6 atom stereocenters. The average Bonchev–Trinajstić information content (AvgIpc) is 3.56. The van der Waals surface area contributed by atoms with Gasteiger partial charge in [0, 0.05) is 37.6 Å².